The molecule has 0 atom stereocenters. The molecule has 0 saturated heterocycles. The lowest BCUT2D eigenvalue weighted by Gasteiger charge is -2.28. The van der Waals surface area contributed by atoms with E-state index < -0.39 is 0 Å². The monoisotopic (exact) mass is 385 g/mol. The standard InChI is InChI=1S/C21H27N3O4/c1-26-17-8-14(9-18(27-2)20(17)28-3)11-24-7-6-15-16(12-24)22-19(23-21(15)25)10-13-4-5-13/h8-9,13H,4-7,10-12H2,1-3H3,(H,22,23,25). The summed E-state index contributed by atoms with van der Waals surface area (Å²) < 4.78 is 16.3. The van der Waals surface area contributed by atoms with Crippen molar-refractivity contribution in [1.29, 1.82) is 0 Å². The third kappa shape index (κ3) is 3.85. The van der Waals surface area contributed by atoms with Gasteiger partial charge >= 0.3 is 0 Å². The summed E-state index contributed by atoms with van der Waals surface area (Å²) in [5, 5.41) is 0. The normalized spacial score (nSPS) is 16.5. The number of nitrogens with zero attached hydrogens (tertiary/aromatic N) is 2. The number of benzene rings is 1. The predicted molar refractivity (Wildman–Crippen MR) is 105 cm³/mol. The fourth-order valence-corrected chi connectivity index (χ4v) is 3.86. The van der Waals surface area contributed by atoms with Crippen LogP contribution in [0.5, 0.6) is 17.2 Å². The number of hydrogen-bond acceptors (Lipinski definition) is 6. The van der Waals surface area contributed by atoms with Crippen LogP contribution in [0.1, 0.15) is 35.5 Å². The van der Waals surface area contributed by atoms with Crippen molar-refractivity contribution in [3.8, 4) is 17.2 Å². The molecule has 28 heavy (non-hydrogen) atoms. The van der Waals surface area contributed by atoms with Crippen LogP contribution in [0.2, 0.25) is 0 Å². The fourth-order valence-electron chi connectivity index (χ4n) is 3.86. The fraction of sp³-hybridized carbons (Fsp3) is 0.524. The molecule has 0 amide bonds. The summed E-state index contributed by atoms with van der Waals surface area (Å²) in [4.78, 5) is 22.5. The Morgan fingerprint density at radius 3 is 2.46 bits per heavy atom. The van der Waals surface area contributed by atoms with Gasteiger partial charge in [0.05, 0.1) is 27.0 Å². The maximum atomic E-state index is 12.4. The van der Waals surface area contributed by atoms with Crippen LogP contribution in [0.4, 0.5) is 0 Å². The zero-order chi connectivity index (χ0) is 19.7. The summed E-state index contributed by atoms with van der Waals surface area (Å²) in [7, 11) is 4.84. The van der Waals surface area contributed by atoms with E-state index in [2.05, 4.69) is 9.88 Å². The average molecular weight is 385 g/mol. The number of fused-ring (bicyclic) bond motifs is 1. The highest BCUT2D eigenvalue weighted by molar-refractivity contribution is 5.53. The highest BCUT2D eigenvalue weighted by Gasteiger charge is 2.26. The first-order chi connectivity index (χ1) is 13.6. The van der Waals surface area contributed by atoms with Crippen molar-refractivity contribution in [2.45, 2.75) is 38.8 Å². The van der Waals surface area contributed by atoms with Gasteiger partial charge in [0, 0.05) is 31.6 Å². The molecular formula is C21H27N3O4. The highest BCUT2D eigenvalue weighted by atomic mass is 16.5. The summed E-state index contributed by atoms with van der Waals surface area (Å²) in [6.45, 7) is 2.21. The van der Waals surface area contributed by atoms with Gasteiger partial charge in [-0.05, 0) is 42.9 Å². The Labute approximate surface area is 164 Å². The van der Waals surface area contributed by atoms with E-state index in [1.807, 2.05) is 12.1 Å². The second kappa shape index (κ2) is 7.83. The van der Waals surface area contributed by atoms with Crippen molar-refractivity contribution >= 4 is 0 Å². The molecule has 7 heteroatoms. The lowest BCUT2D eigenvalue weighted by Crippen LogP contribution is -2.35. The summed E-state index contributed by atoms with van der Waals surface area (Å²) in [5.41, 5.74) is 2.85. The molecule has 2 aromatic rings. The molecule has 0 spiro atoms. The first-order valence-electron chi connectivity index (χ1n) is 9.73. The molecule has 1 aromatic carbocycles. The third-order valence-electron chi connectivity index (χ3n) is 5.51. The van der Waals surface area contributed by atoms with Gasteiger partial charge in [0.15, 0.2) is 11.5 Å². The van der Waals surface area contributed by atoms with E-state index >= 15 is 0 Å². The lowest BCUT2D eigenvalue weighted by atomic mass is 10.0. The largest absolute Gasteiger partial charge is 0.493 e. The Morgan fingerprint density at radius 1 is 1.14 bits per heavy atom. The van der Waals surface area contributed by atoms with Gasteiger partial charge in [-0.15, -0.1) is 0 Å². The number of rotatable bonds is 7. The van der Waals surface area contributed by atoms with E-state index in [9.17, 15) is 4.79 Å². The molecule has 1 aliphatic carbocycles. The van der Waals surface area contributed by atoms with Gasteiger partial charge in [-0.25, -0.2) is 4.98 Å². The van der Waals surface area contributed by atoms with E-state index in [1.54, 1.807) is 21.3 Å². The molecule has 1 saturated carbocycles. The van der Waals surface area contributed by atoms with Crippen LogP contribution in [0.15, 0.2) is 16.9 Å². The minimum Gasteiger partial charge on any atom is -0.493 e. The van der Waals surface area contributed by atoms with Gasteiger partial charge in [-0.3, -0.25) is 9.69 Å². The molecule has 1 fully saturated rings. The van der Waals surface area contributed by atoms with Gasteiger partial charge in [0.2, 0.25) is 5.75 Å². The number of methoxy groups -OCH3 is 3. The Balaban J connectivity index is 1.54. The van der Waals surface area contributed by atoms with Crippen molar-refractivity contribution in [3.63, 3.8) is 0 Å². The summed E-state index contributed by atoms with van der Waals surface area (Å²) >= 11 is 0. The van der Waals surface area contributed by atoms with Crippen LogP contribution in [-0.4, -0.2) is 42.7 Å². The van der Waals surface area contributed by atoms with Crippen molar-refractivity contribution in [1.82, 2.24) is 14.9 Å². The number of nitrogens with one attached hydrogen (secondary N) is 1. The van der Waals surface area contributed by atoms with E-state index in [-0.39, 0.29) is 5.56 Å². The van der Waals surface area contributed by atoms with E-state index in [0.717, 1.165) is 42.2 Å². The molecule has 2 heterocycles. The Morgan fingerprint density at radius 2 is 1.86 bits per heavy atom. The van der Waals surface area contributed by atoms with Crippen molar-refractivity contribution in [2.24, 2.45) is 5.92 Å². The third-order valence-corrected chi connectivity index (χ3v) is 5.51. The SMILES string of the molecule is COc1cc(CN2CCc3c(nc(CC4CC4)[nH]c3=O)C2)cc(OC)c1OC. The van der Waals surface area contributed by atoms with Crippen molar-refractivity contribution < 1.29 is 14.2 Å². The first kappa shape index (κ1) is 18.8. The molecule has 7 nitrogen and oxygen atoms in total. The second-order valence-electron chi connectivity index (χ2n) is 7.58. The lowest BCUT2D eigenvalue weighted by molar-refractivity contribution is 0.238. The zero-order valence-corrected chi connectivity index (χ0v) is 16.7. The summed E-state index contributed by atoms with van der Waals surface area (Å²) in [6, 6.07) is 3.95. The highest BCUT2D eigenvalue weighted by Crippen LogP contribution is 2.38. The topological polar surface area (TPSA) is 76.7 Å². The first-order valence-corrected chi connectivity index (χ1v) is 9.73. The van der Waals surface area contributed by atoms with Gasteiger partial charge in [-0.2, -0.15) is 0 Å². The van der Waals surface area contributed by atoms with Gasteiger partial charge in [0.1, 0.15) is 5.82 Å². The molecule has 1 aromatic heterocycles. The predicted octanol–water partition coefficient (Wildman–Crippen LogP) is 2.31. The average Bonchev–Trinajstić information content (AvgIpc) is 3.50. The molecule has 0 bridgehead atoms. The minimum absolute atomic E-state index is 0.0353. The smallest absolute Gasteiger partial charge is 0.254 e. The summed E-state index contributed by atoms with van der Waals surface area (Å²) in [5.74, 6) is 3.42. The molecule has 0 radical (unpaired) electrons. The van der Waals surface area contributed by atoms with Gasteiger partial charge in [0.25, 0.3) is 5.56 Å². The van der Waals surface area contributed by atoms with Crippen LogP contribution in [0.25, 0.3) is 0 Å². The Hall–Kier alpha value is -2.54. The Kier molecular flexibility index (Phi) is 5.26. The summed E-state index contributed by atoms with van der Waals surface area (Å²) in [6.07, 6.45) is 4.09. The van der Waals surface area contributed by atoms with E-state index in [0.29, 0.717) is 36.1 Å². The molecular weight excluding hydrogens is 358 g/mol. The number of H-pyrrole nitrogens is 1. The minimum atomic E-state index is 0.0353. The number of aromatic amines is 1. The molecule has 0 unspecified atom stereocenters. The Bertz CT molecular complexity index is 895. The molecule has 4 rings (SSSR count). The van der Waals surface area contributed by atoms with Crippen molar-refractivity contribution in [3.05, 3.63) is 45.1 Å². The molecule has 1 N–H and O–H groups in total. The van der Waals surface area contributed by atoms with Crippen LogP contribution >= 0.6 is 0 Å². The number of ether oxygens (including phenoxy) is 3. The molecule has 150 valence electrons. The number of aromatic nitrogens is 2. The maximum Gasteiger partial charge on any atom is 0.254 e. The second-order valence-corrected chi connectivity index (χ2v) is 7.58. The molecule has 2 aliphatic rings. The van der Waals surface area contributed by atoms with Crippen LogP contribution in [0, 0.1) is 5.92 Å². The van der Waals surface area contributed by atoms with E-state index in [4.69, 9.17) is 19.2 Å². The van der Waals surface area contributed by atoms with Crippen LogP contribution < -0.4 is 19.8 Å². The maximum absolute atomic E-state index is 12.4. The zero-order valence-electron chi connectivity index (χ0n) is 16.7. The van der Waals surface area contributed by atoms with Crippen molar-refractivity contribution in [2.75, 3.05) is 27.9 Å². The molecule has 1 aliphatic heterocycles. The van der Waals surface area contributed by atoms with Gasteiger partial charge in [-0.1, -0.05) is 0 Å². The van der Waals surface area contributed by atoms with Gasteiger partial charge < -0.3 is 19.2 Å². The van der Waals surface area contributed by atoms with Crippen LogP contribution in [-0.2, 0) is 25.9 Å². The quantitative estimate of drug-likeness (QED) is 0.788. The van der Waals surface area contributed by atoms with E-state index in [1.165, 1.54) is 12.8 Å². The van der Waals surface area contributed by atoms with Crippen LogP contribution in [0.3, 0.4) is 0 Å². The number of hydrogen-bond donors (Lipinski definition) is 1.